The number of H-pyrrole nitrogens is 1. The van der Waals surface area contributed by atoms with Gasteiger partial charge in [0.25, 0.3) is 10.1 Å². The predicted octanol–water partition coefficient (Wildman–Crippen LogP) is 5.98. The van der Waals surface area contributed by atoms with Crippen LogP contribution in [0.5, 0.6) is 0 Å². The molecule has 0 bridgehead atoms. The summed E-state index contributed by atoms with van der Waals surface area (Å²) in [4.78, 5) is 7.92. The fraction of sp³-hybridized carbons (Fsp3) is 0.682. The van der Waals surface area contributed by atoms with Crippen LogP contribution in [0.15, 0.2) is 24.3 Å². The first-order chi connectivity index (χ1) is 14.6. The first-order valence-electron chi connectivity index (χ1n) is 9.96. The van der Waals surface area contributed by atoms with Gasteiger partial charge in [0.1, 0.15) is 5.82 Å². The Bertz CT molecular complexity index is 894. The molecule has 35 heavy (non-hydrogen) atoms. The van der Waals surface area contributed by atoms with Gasteiger partial charge in [-0.1, -0.05) is 41.8 Å². The molecule has 2 N–H and O–H groups in total. The van der Waals surface area contributed by atoms with Crippen LogP contribution in [0, 0.1) is 0 Å². The van der Waals surface area contributed by atoms with E-state index in [0.717, 1.165) is 40.8 Å². The van der Waals surface area contributed by atoms with E-state index in [0.29, 0.717) is 0 Å². The molecular weight excluding hydrogens is 525 g/mol. The number of thioether (sulfide) groups is 1. The molecule has 2 rings (SSSR count). The van der Waals surface area contributed by atoms with Crippen LogP contribution in [-0.4, -0.2) is 73.1 Å². The summed E-state index contributed by atoms with van der Waals surface area (Å²) < 4.78 is 54.2. The van der Waals surface area contributed by atoms with Gasteiger partial charge in [-0.25, -0.2) is 4.98 Å². The van der Waals surface area contributed by atoms with E-state index in [9.17, 15) is 8.42 Å². The van der Waals surface area contributed by atoms with Gasteiger partial charge < -0.3 is 22.4 Å². The van der Waals surface area contributed by atoms with Gasteiger partial charge >= 0.3 is 17.4 Å². The van der Waals surface area contributed by atoms with Crippen molar-refractivity contribution in [2.75, 3.05) is 32.8 Å². The Labute approximate surface area is 220 Å². The van der Waals surface area contributed by atoms with Crippen molar-refractivity contribution >= 4 is 50.3 Å². The minimum Gasteiger partial charge on any atom is -0.398 e. The Morgan fingerprint density at radius 3 is 2.17 bits per heavy atom. The van der Waals surface area contributed by atoms with Crippen molar-refractivity contribution in [1.29, 1.82) is 0 Å². The van der Waals surface area contributed by atoms with Crippen LogP contribution in [0.1, 0.15) is 48.4 Å². The minimum atomic E-state index is -4.04. The summed E-state index contributed by atoms with van der Waals surface area (Å²) in [6, 6.07) is 9.00. The standard InChI is InChI=1S/C18H32N2O7S2Si2.4CH4/c1-24-30(4,27-31(25-2,26-3)14-8-12-29(21,22)23)13-7-11-28-15-18-19-16-9-5-6-10-17(16)20-18;;;;/h5-6,9-10H,7-8,11-15H2,1-4H3,(H,19,20)(H,21,22,23);4*1H4. The normalized spacial score (nSPS) is 13.1. The monoisotopic (exact) mass is 572 g/mol. The van der Waals surface area contributed by atoms with Crippen LogP contribution < -0.4 is 0 Å². The fourth-order valence-electron chi connectivity index (χ4n) is 3.15. The summed E-state index contributed by atoms with van der Waals surface area (Å²) in [7, 11) is -5.11. The number of nitrogens with zero attached hydrogens (tertiary/aromatic N) is 1. The van der Waals surface area contributed by atoms with E-state index in [2.05, 4.69) is 9.97 Å². The highest BCUT2D eigenvalue weighted by atomic mass is 32.2. The zero-order valence-corrected chi connectivity index (χ0v) is 22.1. The molecule has 13 heteroatoms. The molecule has 0 aliphatic rings. The number of hydrogen-bond donors (Lipinski definition) is 2. The third-order valence-electron chi connectivity index (χ3n) is 4.91. The zero-order valence-electron chi connectivity index (χ0n) is 18.4. The van der Waals surface area contributed by atoms with Crippen LogP contribution >= 0.6 is 11.8 Å². The lowest BCUT2D eigenvalue weighted by atomic mass is 10.3. The summed E-state index contributed by atoms with van der Waals surface area (Å²) in [6.45, 7) is 1.96. The molecule has 0 radical (unpaired) electrons. The molecule has 0 fully saturated rings. The molecule has 2 aromatic rings. The van der Waals surface area contributed by atoms with Crippen molar-refractivity contribution < 1.29 is 30.4 Å². The molecule has 0 spiro atoms. The largest absolute Gasteiger partial charge is 0.491 e. The van der Waals surface area contributed by atoms with Crippen molar-refractivity contribution in [3.63, 3.8) is 0 Å². The van der Waals surface area contributed by atoms with Crippen molar-refractivity contribution in [1.82, 2.24) is 9.97 Å². The summed E-state index contributed by atoms with van der Waals surface area (Å²) in [5.74, 6) is 2.31. The smallest absolute Gasteiger partial charge is 0.398 e. The minimum absolute atomic E-state index is 0. The van der Waals surface area contributed by atoms with E-state index in [1.54, 1.807) is 18.9 Å². The summed E-state index contributed by atoms with van der Waals surface area (Å²) in [6.07, 6.45) is 1.08. The molecule has 1 unspecified atom stereocenters. The second-order valence-corrected chi connectivity index (χ2v) is 16.6. The van der Waals surface area contributed by atoms with Gasteiger partial charge in [-0.15, -0.1) is 0 Å². The maximum Gasteiger partial charge on any atom is 0.491 e. The van der Waals surface area contributed by atoms with Crippen LogP contribution in [0.2, 0.25) is 18.6 Å². The number of imidazole rings is 1. The molecule has 1 atom stereocenters. The van der Waals surface area contributed by atoms with Gasteiger partial charge in [0.05, 0.1) is 22.5 Å². The third kappa shape index (κ3) is 12.8. The molecule has 1 aromatic heterocycles. The lowest BCUT2D eigenvalue weighted by Gasteiger charge is -2.35. The van der Waals surface area contributed by atoms with E-state index in [-0.39, 0.29) is 47.9 Å². The van der Waals surface area contributed by atoms with E-state index >= 15 is 0 Å². The molecular formula is C22H48N2O7S2Si2. The first kappa shape index (κ1) is 38.7. The number of rotatable bonds is 15. The number of aromatic amines is 1. The van der Waals surface area contributed by atoms with Crippen molar-refractivity contribution in [2.45, 2.75) is 66.9 Å². The average molecular weight is 573 g/mol. The summed E-state index contributed by atoms with van der Waals surface area (Å²) in [5.41, 5.74) is 2.01. The highest BCUT2D eigenvalue weighted by molar-refractivity contribution is 7.98. The van der Waals surface area contributed by atoms with Gasteiger partial charge in [-0.3, -0.25) is 4.55 Å². The average Bonchev–Trinajstić information content (AvgIpc) is 3.14. The Hall–Kier alpha value is -0.776. The highest BCUT2D eigenvalue weighted by Crippen LogP contribution is 2.27. The van der Waals surface area contributed by atoms with E-state index in [4.69, 9.17) is 21.9 Å². The number of para-hydroxylation sites is 2. The molecule has 0 saturated heterocycles. The lowest BCUT2D eigenvalue weighted by Crippen LogP contribution is -2.54. The molecule has 0 aliphatic carbocycles. The number of aromatic nitrogens is 2. The van der Waals surface area contributed by atoms with Crippen molar-refractivity contribution in [3.8, 4) is 0 Å². The fourth-order valence-corrected chi connectivity index (χ4v) is 11.7. The Morgan fingerprint density at radius 1 is 1.00 bits per heavy atom. The second-order valence-electron chi connectivity index (χ2n) is 7.28. The predicted molar refractivity (Wildman–Crippen MR) is 154 cm³/mol. The van der Waals surface area contributed by atoms with Crippen molar-refractivity contribution in [3.05, 3.63) is 30.1 Å². The Kier molecular flexibility index (Phi) is 19.5. The Balaban J connectivity index is -0.00000256. The lowest BCUT2D eigenvalue weighted by molar-refractivity contribution is 0.135. The third-order valence-corrected chi connectivity index (χ3v) is 14.1. The molecule has 0 saturated carbocycles. The number of benzene rings is 1. The first-order valence-corrected chi connectivity index (χ1v) is 17.2. The molecule has 9 nitrogen and oxygen atoms in total. The van der Waals surface area contributed by atoms with Crippen LogP contribution in [0.3, 0.4) is 0 Å². The molecule has 208 valence electrons. The van der Waals surface area contributed by atoms with Gasteiger partial charge in [0.2, 0.25) is 0 Å². The number of nitrogens with one attached hydrogen (secondary N) is 1. The maximum absolute atomic E-state index is 11.0. The van der Waals surface area contributed by atoms with Crippen LogP contribution in [0.25, 0.3) is 11.0 Å². The quantitative estimate of drug-likeness (QED) is 0.151. The molecule has 0 amide bonds. The van der Waals surface area contributed by atoms with E-state index in [1.165, 1.54) is 14.2 Å². The second kappa shape index (κ2) is 17.6. The molecule has 0 aliphatic heterocycles. The number of hydrogen-bond acceptors (Lipinski definition) is 8. The van der Waals surface area contributed by atoms with E-state index < -0.39 is 27.5 Å². The molecule has 1 aromatic carbocycles. The van der Waals surface area contributed by atoms with Gasteiger partial charge in [-0.05, 0) is 43.3 Å². The Morgan fingerprint density at radius 2 is 1.63 bits per heavy atom. The summed E-state index contributed by atoms with van der Waals surface area (Å²) in [5, 5.41) is 0. The molecule has 1 heterocycles. The maximum atomic E-state index is 11.0. The van der Waals surface area contributed by atoms with E-state index in [1.807, 2.05) is 30.8 Å². The van der Waals surface area contributed by atoms with Gasteiger partial charge in [0.15, 0.2) is 0 Å². The topological polar surface area (TPSA) is 120 Å². The van der Waals surface area contributed by atoms with Crippen LogP contribution in [-0.2, 0) is 33.3 Å². The van der Waals surface area contributed by atoms with Crippen LogP contribution in [0.4, 0.5) is 0 Å². The van der Waals surface area contributed by atoms with Gasteiger partial charge in [-0.2, -0.15) is 20.2 Å². The highest BCUT2D eigenvalue weighted by Gasteiger charge is 2.47. The zero-order chi connectivity index (χ0) is 23.0. The van der Waals surface area contributed by atoms with Crippen molar-refractivity contribution in [2.24, 2.45) is 0 Å². The SMILES string of the molecule is C.C.C.C.CO[Si](C)(CCCSCc1nc2ccccc2[nH]1)O[Si](CCCS(=O)(=O)O)(OC)OC. The number of fused-ring (bicyclic) bond motifs is 1. The van der Waals surface area contributed by atoms with Gasteiger partial charge in [0, 0.05) is 27.4 Å². The summed E-state index contributed by atoms with van der Waals surface area (Å²) >= 11 is 1.79.